The first-order valence-electron chi connectivity index (χ1n) is 6.57. The van der Waals surface area contributed by atoms with Crippen LogP contribution in [0.1, 0.15) is 54.9 Å². The molecule has 0 aliphatic heterocycles. The summed E-state index contributed by atoms with van der Waals surface area (Å²) < 4.78 is 6.27. The van der Waals surface area contributed by atoms with Crippen molar-refractivity contribution in [3.63, 3.8) is 0 Å². The molecule has 0 saturated carbocycles. The molecule has 0 spiro atoms. The summed E-state index contributed by atoms with van der Waals surface area (Å²) >= 11 is 4.55. The normalized spacial score (nSPS) is 15.2. The minimum Gasteiger partial charge on any atom is -0.379 e. The maximum atomic E-state index is 6.21. The summed E-state index contributed by atoms with van der Waals surface area (Å²) in [6.07, 6.45) is 0.994. The first kappa shape index (κ1) is 17.5. The molecule has 0 aliphatic carbocycles. The molecule has 0 atom stereocenters. The Labute approximate surface area is 115 Å². The average molecular weight is 277 g/mol. The predicted molar refractivity (Wildman–Crippen MR) is 84.9 cm³/mol. The molecule has 0 fully saturated rings. The van der Waals surface area contributed by atoms with Gasteiger partial charge in [-0.2, -0.15) is 12.6 Å². The van der Waals surface area contributed by atoms with Crippen molar-refractivity contribution in [3.05, 3.63) is 0 Å². The first-order chi connectivity index (χ1) is 7.21. The fraction of sp³-hybridized carbons (Fsp3) is 1.00. The van der Waals surface area contributed by atoms with Crippen LogP contribution in [-0.4, -0.2) is 24.7 Å². The SMILES string of the molecule is CC(C)(S)CCOC(C)(C)[Si](C)(C)C(C)(C)C. The van der Waals surface area contributed by atoms with Crippen LogP contribution in [0.25, 0.3) is 0 Å². The van der Waals surface area contributed by atoms with Gasteiger partial charge in [0, 0.05) is 11.4 Å². The van der Waals surface area contributed by atoms with Gasteiger partial charge in [-0.15, -0.1) is 0 Å². The summed E-state index contributed by atoms with van der Waals surface area (Å²) in [6.45, 7) is 21.5. The third kappa shape index (κ3) is 4.96. The highest BCUT2D eigenvalue weighted by Gasteiger charge is 2.48. The highest BCUT2D eigenvalue weighted by Crippen LogP contribution is 2.44. The zero-order chi connectivity index (χ0) is 14.1. The zero-order valence-corrected chi connectivity index (χ0v) is 15.2. The second-order valence-corrected chi connectivity index (χ2v) is 15.0. The molecule has 0 unspecified atom stereocenters. The lowest BCUT2D eigenvalue weighted by molar-refractivity contribution is 0.0295. The van der Waals surface area contributed by atoms with Crippen molar-refractivity contribution in [3.8, 4) is 0 Å². The van der Waals surface area contributed by atoms with E-state index in [1.807, 2.05) is 0 Å². The van der Waals surface area contributed by atoms with Crippen LogP contribution in [0, 0.1) is 0 Å². The fourth-order valence-electron chi connectivity index (χ4n) is 1.64. The van der Waals surface area contributed by atoms with E-state index < -0.39 is 8.07 Å². The van der Waals surface area contributed by atoms with Gasteiger partial charge < -0.3 is 4.74 Å². The molecule has 104 valence electrons. The van der Waals surface area contributed by atoms with Gasteiger partial charge in [-0.3, -0.25) is 0 Å². The largest absolute Gasteiger partial charge is 0.379 e. The summed E-state index contributed by atoms with van der Waals surface area (Å²) in [4.78, 5) is 0. The standard InChI is InChI=1S/C14H32OSSi/c1-12(2,3)17(8,9)14(6,7)15-11-10-13(4,5)16/h16H,10-11H2,1-9H3. The molecule has 0 aliphatic rings. The molecule has 0 aromatic rings. The highest BCUT2D eigenvalue weighted by atomic mass is 32.1. The molecular weight excluding hydrogens is 244 g/mol. The van der Waals surface area contributed by atoms with E-state index in [1.54, 1.807) is 0 Å². The molecular formula is C14H32OSSi. The van der Waals surface area contributed by atoms with Gasteiger partial charge in [0.05, 0.1) is 13.3 Å². The van der Waals surface area contributed by atoms with Crippen molar-refractivity contribution in [2.45, 2.75) is 83.0 Å². The highest BCUT2D eigenvalue weighted by molar-refractivity contribution is 7.81. The molecule has 0 bridgehead atoms. The Morgan fingerprint density at radius 2 is 1.35 bits per heavy atom. The van der Waals surface area contributed by atoms with E-state index in [-0.39, 0.29) is 9.97 Å². The quantitative estimate of drug-likeness (QED) is 0.553. The number of thiol groups is 1. The van der Waals surface area contributed by atoms with E-state index >= 15 is 0 Å². The predicted octanol–water partition coefficient (Wildman–Crippen LogP) is 4.93. The summed E-state index contributed by atoms with van der Waals surface area (Å²) in [7, 11) is -1.48. The van der Waals surface area contributed by atoms with Crippen molar-refractivity contribution in [1.82, 2.24) is 0 Å². The first-order valence-corrected chi connectivity index (χ1v) is 10.0. The molecule has 0 N–H and O–H groups in total. The molecule has 3 heteroatoms. The number of ether oxygens (including phenoxy) is 1. The van der Waals surface area contributed by atoms with Gasteiger partial charge in [-0.25, -0.2) is 0 Å². The topological polar surface area (TPSA) is 9.23 Å². The molecule has 0 rings (SSSR count). The van der Waals surface area contributed by atoms with E-state index in [0.717, 1.165) is 13.0 Å². The number of hydrogen-bond acceptors (Lipinski definition) is 2. The third-order valence-corrected chi connectivity index (χ3v) is 11.7. The molecule has 0 heterocycles. The van der Waals surface area contributed by atoms with Crippen molar-refractivity contribution >= 4 is 20.7 Å². The monoisotopic (exact) mass is 276 g/mol. The van der Waals surface area contributed by atoms with Crippen LogP contribution in [0.4, 0.5) is 0 Å². The lowest BCUT2D eigenvalue weighted by Crippen LogP contribution is -2.57. The second kappa shape index (κ2) is 5.26. The van der Waals surface area contributed by atoms with Crippen LogP contribution >= 0.6 is 12.6 Å². The minimum atomic E-state index is -1.48. The van der Waals surface area contributed by atoms with Gasteiger partial charge in [-0.05, 0) is 25.3 Å². The Hall–Kier alpha value is 0.527. The van der Waals surface area contributed by atoms with E-state index in [0.29, 0.717) is 5.04 Å². The Morgan fingerprint density at radius 3 is 1.65 bits per heavy atom. The number of rotatable bonds is 5. The number of hydrogen-bond donors (Lipinski definition) is 1. The summed E-state index contributed by atoms with van der Waals surface area (Å²) in [5.74, 6) is 0. The fourth-order valence-corrected chi connectivity index (χ4v) is 4.00. The summed E-state index contributed by atoms with van der Waals surface area (Å²) in [6, 6.07) is 0. The summed E-state index contributed by atoms with van der Waals surface area (Å²) in [5.41, 5.74) is 0. The lowest BCUT2D eigenvalue weighted by atomic mass is 10.1. The van der Waals surface area contributed by atoms with Crippen molar-refractivity contribution in [1.29, 1.82) is 0 Å². The maximum Gasteiger partial charge on any atom is 0.0900 e. The Bertz CT molecular complexity index is 246. The molecule has 0 saturated heterocycles. The summed E-state index contributed by atoms with van der Waals surface area (Å²) in [5, 5.41) is 0.358. The molecule has 17 heavy (non-hydrogen) atoms. The van der Waals surface area contributed by atoms with Gasteiger partial charge in [0.15, 0.2) is 0 Å². The molecule has 0 amide bonds. The maximum absolute atomic E-state index is 6.21. The van der Waals surface area contributed by atoms with Crippen LogP contribution in [0.15, 0.2) is 0 Å². The van der Waals surface area contributed by atoms with E-state index in [1.165, 1.54) is 0 Å². The van der Waals surface area contributed by atoms with E-state index in [4.69, 9.17) is 4.74 Å². The molecule has 0 radical (unpaired) electrons. The van der Waals surface area contributed by atoms with Crippen molar-refractivity contribution in [2.75, 3.05) is 6.61 Å². The molecule has 0 aromatic carbocycles. The Balaban J connectivity index is 4.58. The van der Waals surface area contributed by atoms with Crippen LogP contribution in [-0.2, 0) is 4.74 Å². The smallest absolute Gasteiger partial charge is 0.0900 e. The van der Waals surface area contributed by atoms with Crippen LogP contribution < -0.4 is 0 Å². The van der Waals surface area contributed by atoms with Gasteiger partial charge in [0.2, 0.25) is 0 Å². The van der Waals surface area contributed by atoms with Gasteiger partial charge in [0.1, 0.15) is 0 Å². The van der Waals surface area contributed by atoms with E-state index in [9.17, 15) is 0 Å². The van der Waals surface area contributed by atoms with Crippen molar-refractivity contribution in [2.24, 2.45) is 0 Å². The Kier molecular flexibility index (Phi) is 5.42. The van der Waals surface area contributed by atoms with Crippen LogP contribution in [0.3, 0.4) is 0 Å². The van der Waals surface area contributed by atoms with Crippen molar-refractivity contribution < 1.29 is 4.74 Å². The van der Waals surface area contributed by atoms with Gasteiger partial charge >= 0.3 is 0 Å². The van der Waals surface area contributed by atoms with Gasteiger partial charge in [0.25, 0.3) is 0 Å². The third-order valence-electron chi connectivity index (χ3n) is 4.56. The molecule has 1 nitrogen and oxygen atoms in total. The minimum absolute atomic E-state index is 0.00424. The second-order valence-electron chi connectivity index (χ2n) is 7.80. The zero-order valence-electron chi connectivity index (χ0n) is 13.3. The molecule has 0 aromatic heterocycles. The lowest BCUT2D eigenvalue weighted by Gasteiger charge is -2.48. The average Bonchev–Trinajstić information content (AvgIpc) is 1.98. The van der Waals surface area contributed by atoms with Crippen LogP contribution in [0.5, 0.6) is 0 Å². The van der Waals surface area contributed by atoms with E-state index in [2.05, 4.69) is 74.2 Å². The Morgan fingerprint density at radius 1 is 0.941 bits per heavy atom. The van der Waals surface area contributed by atoms with Gasteiger partial charge in [-0.1, -0.05) is 47.7 Å². The van der Waals surface area contributed by atoms with Crippen LogP contribution in [0.2, 0.25) is 18.1 Å².